The monoisotopic (exact) mass is 344 g/mol. The van der Waals surface area contributed by atoms with Crippen molar-refractivity contribution in [2.75, 3.05) is 13.2 Å². The highest BCUT2D eigenvalue weighted by molar-refractivity contribution is 7.62. The fourth-order valence-corrected chi connectivity index (χ4v) is 3.70. The molecular formula is C13H14FN2O6P. The van der Waals surface area contributed by atoms with E-state index in [1.54, 1.807) is 13.8 Å². The second-order valence-electron chi connectivity index (χ2n) is 4.46. The standard InChI is InChI=1S/C13H14FN2O6P/c1-3-21-23(20,22-4-2)12-6-8-5-11(16(18)19)9(14)7-10(8)15-13(12)17/h5-7H,3-4H2,1-2H3,(H,15,17). The predicted molar refractivity (Wildman–Crippen MR) is 81.7 cm³/mol. The summed E-state index contributed by atoms with van der Waals surface area (Å²) < 4.78 is 36.5. The smallest absolute Gasteiger partial charge is 0.321 e. The molecule has 1 aromatic carbocycles. The van der Waals surface area contributed by atoms with Crippen LogP contribution in [0.25, 0.3) is 10.9 Å². The van der Waals surface area contributed by atoms with Crippen LogP contribution in [-0.2, 0) is 13.6 Å². The Hall–Kier alpha value is -2.09. The molecule has 0 aliphatic heterocycles. The van der Waals surface area contributed by atoms with Crippen LogP contribution in [0.4, 0.5) is 10.1 Å². The highest BCUT2D eigenvalue weighted by atomic mass is 31.2. The van der Waals surface area contributed by atoms with Gasteiger partial charge in [-0.2, -0.15) is 4.39 Å². The third kappa shape index (κ3) is 3.31. The Morgan fingerprint density at radius 1 is 1.26 bits per heavy atom. The third-order valence-electron chi connectivity index (χ3n) is 2.98. The Morgan fingerprint density at radius 3 is 2.39 bits per heavy atom. The van der Waals surface area contributed by atoms with Gasteiger partial charge in [0.25, 0.3) is 5.56 Å². The highest BCUT2D eigenvalue weighted by Crippen LogP contribution is 2.46. The molecule has 2 aromatic rings. The first-order valence-corrected chi connectivity index (χ1v) is 8.27. The van der Waals surface area contributed by atoms with Crippen molar-refractivity contribution in [1.82, 2.24) is 4.98 Å². The summed E-state index contributed by atoms with van der Waals surface area (Å²) in [4.78, 5) is 24.4. The van der Waals surface area contributed by atoms with E-state index >= 15 is 0 Å². The molecule has 0 aliphatic carbocycles. The zero-order chi connectivity index (χ0) is 17.2. The molecule has 2 rings (SSSR count). The summed E-state index contributed by atoms with van der Waals surface area (Å²) in [6, 6.07) is 2.95. The van der Waals surface area contributed by atoms with Crippen LogP contribution in [0.2, 0.25) is 0 Å². The zero-order valence-electron chi connectivity index (χ0n) is 12.4. The maximum atomic E-state index is 13.6. The molecule has 10 heteroatoms. The minimum absolute atomic E-state index is 0.0400. The van der Waals surface area contributed by atoms with Crippen molar-refractivity contribution in [3.8, 4) is 0 Å². The first kappa shape index (κ1) is 17.3. The largest absolute Gasteiger partial charge is 0.366 e. The summed E-state index contributed by atoms with van der Waals surface area (Å²) in [5, 5.41) is 10.7. The molecule has 0 radical (unpaired) electrons. The van der Waals surface area contributed by atoms with Crippen molar-refractivity contribution in [1.29, 1.82) is 0 Å². The molecule has 0 atom stereocenters. The van der Waals surface area contributed by atoms with Crippen molar-refractivity contribution < 1.29 is 22.9 Å². The van der Waals surface area contributed by atoms with Crippen LogP contribution in [0.15, 0.2) is 23.0 Å². The average Bonchev–Trinajstić information content (AvgIpc) is 2.46. The topological polar surface area (TPSA) is 112 Å². The minimum Gasteiger partial charge on any atom is -0.321 e. The lowest BCUT2D eigenvalue weighted by atomic mass is 10.2. The molecule has 0 aliphatic rings. The molecule has 0 saturated heterocycles. The van der Waals surface area contributed by atoms with Gasteiger partial charge in [-0.3, -0.25) is 19.5 Å². The molecule has 124 valence electrons. The normalized spacial score (nSPS) is 11.8. The number of nitrogens with one attached hydrogen (secondary N) is 1. The first-order valence-electron chi connectivity index (χ1n) is 6.73. The van der Waals surface area contributed by atoms with Crippen molar-refractivity contribution >= 4 is 29.5 Å². The molecular weight excluding hydrogens is 330 g/mol. The summed E-state index contributed by atoms with van der Waals surface area (Å²) in [5.74, 6) is -1.08. The number of hydrogen-bond donors (Lipinski definition) is 1. The van der Waals surface area contributed by atoms with E-state index in [0.717, 1.165) is 18.2 Å². The molecule has 0 unspecified atom stereocenters. The number of hydrogen-bond acceptors (Lipinski definition) is 6. The summed E-state index contributed by atoms with van der Waals surface area (Å²) in [6.07, 6.45) is 0. The molecule has 0 amide bonds. The third-order valence-corrected chi connectivity index (χ3v) is 5.10. The van der Waals surface area contributed by atoms with Crippen LogP contribution < -0.4 is 10.9 Å². The zero-order valence-corrected chi connectivity index (χ0v) is 13.3. The number of pyridine rings is 1. The lowest BCUT2D eigenvalue weighted by Gasteiger charge is -2.16. The molecule has 0 saturated carbocycles. The van der Waals surface area contributed by atoms with Gasteiger partial charge in [0.05, 0.1) is 23.7 Å². The number of nitrogens with zero attached hydrogens (tertiary/aromatic N) is 1. The van der Waals surface area contributed by atoms with Gasteiger partial charge in [0.15, 0.2) is 0 Å². The number of nitro benzene ring substituents is 1. The average molecular weight is 344 g/mol. The first-order chi connectivity index (χ1) is 10.8. The van der Waals surface area contributed by atoms with Gasteiger partial charge in [-0.25, -0.2) is 0 Å². The van der Waals surface area contributed by atoms with E-state index in [0.29, 0.717) is 0 Å². The number of benzene rings is 1. The van der Waals surface area contributed by atoms with E-state index in [4.69, 9.17) is 9.05 Å². The number of halogens is 1. The molecule has 1 N–H and O–H groups in total. The number of rotatable bonds is 6. The number of nitro groups is 1. The SMILES string of the molecule is CCOP(=O)(OCC)c1cc2cc([N+](=O)[O-])c(F)cc2[nH]c1=O. The van der Waals surface area contributed by atoms with Gasteiger partial charge in [-0.1, -0.05) is 0 Å². The van der Waals surface area contributed by atoms with Crippen LogP contribution in [0, 0.1) is 15.9 Å². The Morgan fingerprint density at radius 2 is 1.87 bits per heavy atom. The van der Waals surface area contributed by atoms with Gasteiger partial charge in [-0.15, -0.1) is 0 Å². The van der Waals surface area contributed by atoms with Crippen molar-refractivity contribution in [3.05, 3.63) is 44.5 Å². The van der Waals surface area contributed by atoms with Gasteiger partial charge in [-0.05, 0) is 19.9 Å². The molecule has 1 heterocycles. The fraction of sp³-hybridized carbons (Fsp3) is 0.308. The van der Waals surface area contributed by atoms with Crippen molar-refractivity contribution in [2.45, 2.75) is 13.8 Å². The molecule has 23 heavy (non-hydrogen) atoms. The number of aromatic nitrogens is 1. The fourth-order valence-electron chi connectivity index (χ4n) is 2.06. The van der Waals surface area contributed by atoms with Gasteiger partial charge in [0.1, 0.15) is 5.30 Å². The Kier molecular flexibility index (Phi) is 4.93. The van der Waals surface area contributed by atoms with E-state index in [-0.39, 0.29) is 29.4 Å². The molecule has 0 fully saturated rings. The Bertz CT molecular complexity index is 855. The van der Waals surface area contributed by atoms with Crippen LogP contribution in [-0.4, -0.2) is 23.1 Å². The van der Waals surface area contributed by atoms with E-state index < -0.39 is 29.6 Å². The summed E-state index contributed by atoms with van der Waals surface area (Å²) in [5.41, 5.74) is -1.48. The Balaban J connectivity index is 2.73. The van der Waals surface area contributed by atoms with E-state index in [1.807, 2.05) is 0 Å². The summed E-state index contributed by atoms with van der Waals surface area (Å²) in [7, 11) is -3.87. The van der Waals surface area contributed by atoms with Gasteiger partial charge in [0, 0.05) is 17.5 Å². The van der Waals surface area contributed by atoms with E-state index in [9.17, 15) is 23.9 Å². The Labute approximate surface area is 129 Å². The van der Waals surface area contributed by atoms with Gasteiger partial charge in [0.2, 0.25) is 5.82 Å². The predicted octanol–water partition coefficient (Wildman–Crippen LogP) is 2.47. The van der Waals surface area contributed by atoms with E-state index in [1.165, 1.54) is 0 Å². The highest BCUT2D eigenvalue weighted by Gasteiger charge is 2.31. The second kappa shape index (κ2) is 6.57. The maximum absolute atomic E-state index is 13.6. The lowest BCUT2D eigenvalue weighted by molar-refractivity contribution is -0.387. The maximum Gasteiger partial charge on any atom is 0.366 e. The van der Waals surface area contributed by atoms with Crippen LogP contribution in [0.5, 0.6) is 0 Å². The minimum atomic E-state index is -3.87. The van der Waals surface area contributed by atoms with Crippen LogP contribution in [0.1, 0.15) is 13.8 Å². The molecule has 0 spiro atoms. The quantitative estimate of drug-likeness (QED) is 0.489. The lowest BCUT2D eigenvalue weighted by Crippen LogP contribution is -2.29. The van der Waals surface area contributed by atoms with E-state index in [2.05, 4.69) is 4.98 Å². The van der Waals surface area contributed by atoms with Crippen molar-refractivity contribution in [3.63, 3.8) is 0 Å². The van der Waals surface area contributed by atoms with Crippen LogP contribution in [0.3, 0.4) is 0 Å². The molecule has 1 aromatic heterocycles. The van der Waals surface area contributed by atoms with Crippen LogP contribution >= 0.6 is 7.60 Å². The number of aromatic amines is 1. The molecule has 0 bridgehead atoms. The summed E-state index contributed by atoms with van der Waals surface area (Å²) >= 11 is 0. The van der Waals surface area contributed by atoms with Crippen molar-refractivity contribution in [2.24, 2.45) is 0 Å². The van der Waals surface area contributed by atoms with Gasteiger partial charge >= 0.3 is 13.3 Å². The second-order valence-corrected chi connectivity index (χ2v) is 6.46. The van der Waals surface area contributed by atoms with Gasteiger partial charge < -0.3 is 14.0 Å². The summed E-state index contributed by atoms with van der Waals surface area (Å²) in [6.45, 7) is 3.25. The number of H-pyrrole nitrogens is 1. The number of fused-ring (bicyclic) bond motifs is 1. The molecule has 8 nitrogen and oxygen atoms in total.